The molecule has 0 amide bonds. The third kappa shape index (κ3) is 3.77. The monoisotopic (exact) mass is 336 g/mol. The third-order valence-electron chi connectivity index (χ3n) is 3.66. The second-order valence-electron chi connectivity index (χ2n) is 5.92. The van der Waals surface area contributed by atoms with Crippen molar-refractivity contribution in [3.05, 3.63) is 41.6 Å². The van der Waals surface area contributed by atoms with E-state index in [0.717, 1.165) is 18.8 Å². The lowest BCUT2D eigenvalue weighted by molar-refractivity contribution is -0.201. The number of alkyl halides is 5. The molecule has 1 aromatic rings. The fourth-order valence-corrected chi connectivity index (χ4v) is 3.87. The van der Waals surface area contributed by atoms with Gasteiger partial charge in [-0.05, 0) is 12.0 Å². The highest BCUT2D eigenvalue weighted by Crippen LogP contribution is 2.46. The molecule has 0 radical (unpaired) electrons. The maximum atomic E-state index is 14.3. The zero-order chi connectivity index (χ0) is 17.0. The van der Waals surface area contributed by atoms with Gasteiger partial charge in [-0.1, -0.05) is 68.5 Å². The van der Waals surface area contributed by atoms with Gasteiger partial charge in [-0.15, -0.1) is 0 Å². The number of hydrogen-bond acceptors (Lipinski definition) is 0. The molecule has 124 valence electrons. The first-order valence-electron chi connectivity index (χ1n) is 7.20. The van der Waals surface area contributed by atoms with E-state index in [1.807, 2.05) is 0 Å². The van der Waals surface area contributed by atoms with E-state index in [1.54, 1.807) is 30.3 Å². The fraction of sp³-hybridized carbons (Fsp3) is 0.500. The molecule has 1 rings (SSSR count). The van der Waals surface area contributed by atoms with Gasteiger partial charge in [0.25, 0.3) is 5.55 Å². The summed E-state index contributed by atoms with van der Waals surface area (Å²) in [7, 11) is -3.84. The molecule has 0 heterocycles. The number of benzene rings is 1. The van der Waals surface area contributed by atoms with Crippen LogP contribution < -0.4 is 0 Å². The Balaban J connectivity index is 3.05. The molecule has 22 heavy (non-hydrogen) atoms. The first-order chi connectivity index (χ1) is 10.1. The minimum absolute atomic E-state index is 0.0919. The van der Waals surface area contributed by atoms with E-state index in [1.165, 1.54) is 13.0 Å². The van der Waals surface area contributed by atoms with Crippen LogP contribution >= 0.6 is 0 Å². The van der Waals surface area contributed by atoms with Crippen molar-refractivity contribution < 1.29 is 22.0 Å². The first kappa shape index (κ1) is 18.9. The average Bonchev–Trinajstić information content (AvgIpc) is 2.46. The summed E-state index contributed by atoms with van der Waals surface area (Å²) in [6.45, 7) is 3.73. The molecule has 0 aliphatic carbocycles. The maximum absolute atomic E-state index is 14.3. The van der Waals surface area contributed by atoms with Gasteiger partial charge in [0.05, 0.1) is 0 Å². The van der Waals surface area contributed by atoms with Crippen molar-refractivity contribution in [3.63, 3.8) is 0 Å². The Morgan fingerprint density at radius 1 is 1.09 bits per heavy atom. The van der Waals surface area contributed by atoms with Crippen molar-refractivity contribution in [1.29, 1.82) is 0 Å². The van der Waals surface area contributed by atoms with Crippen LogP contribution in [0.4, 0.5) is 22.0 Å². The number of rotatable bonds is 7. The molecule has 0 N–H and O–H groups in total. The lowest BCUT2D eigenvalue weighted by atomic mass is 10.1. The Kier molecular flexibility index (Phi) is 5.95. The van der Waals surface area contributed by atoms with Crippen LogP contribution in [0.5, 0.6) is 0 Å². The smallest absolute Gasteiger partial charge is 0.241 e. The van der Waals surface area contributed by atoms with E-state index in [-0.39, 0.29) is 6.42 Å². The standard InChI is InChI=1S/C16H21F5Si/c1-4-8-14(17)15(18,19)16(20,21)22(2,3)12-11-13-9-6-5-7-10-13/h5-7,9-12,14H,4,8H2,1-3H3. The Morgan fingerprint density at radius 3 is 2.14 bits per heavy atom. The van der Waals surface area contributed by atoms with Gasteiger partial charge in [0.15, 0.2) is 14.2 Å². The molecule has 0 aliphatic heterocycles. The Labute approximate surface area is 129 Å². The minimum Gasteiger partial charge on any atom is -0.241 e. The predicted molar refractivity (Wildman–Crippen MR) is 82.7 cm³/mol. The van der Waals surface area contributed by atoms with Crippen LogP contribution in [-0.2, 0) is 0 Å². The number of hydrogen-bond donors (Lipinski definition) is 0. The maximum Gasteiger partial charge on any atom is 0.336 e. The van der Waals surface area contributed by atoms with Crippen molar-refractivity contribution in [2.24, 2.45) is 0 Å². The second kappa shape index (κ2) is 6.94. The van der Waals surface area contributed by atoms with Crippen molar-refractivity contribution in [1.82, 2.24) is 0 Å². The van der Waals surface area contributed by atoms with Crippen molar-refractivity contribution in [3.8, 4) is 0 Å². The van der Waals surface area contributed by atoms with E-state index in [4.69, 9.17) is 0 Å². The van der Waals surface area contributed by atoms with Crippen LogP contribution in [0.1, 0.15) is 25.3 Å². The molecule has 0 aromatic heterocycles. The van der Waals surface area contributed by atoms with E-state index >= 15 is 0 Å². The summed E-state index contributed by atoms with van der Waals surface area (Å²) in [5.41, 5.74) is -2.57. The van der Waals surface area contributed by atoms with Gasteiger partial charge >= 0.3 is 5.92 Å². The summed E-state index contributed by atoms with van der Waals surface area (Å²) >= 11 is 0. The summed E-state index contributed by atoms with van der Waals surface area (Å²) in [4.78, 5) is 0. The topological polar surface area (TPSA) is 0 Å². The molecule has 0 saturated heterocycles. The quantitative estimate of drug-likeness (QED) is 0.430. The molecule has 1 aromatic carbocycles. The highest BCUT2D eigenvalue weighted by Gasteiger charge is 2.68. The molecule has 0 spiro atoms. The Morgan fingerprint density at radius 2 is 1.64 bits per heavy atom. The second-order valence-corrected chi connectivity index (χ2v) is 10.3. The highest BCUT2D eigenvalue weighted by atomic mass is 28.3. The summed E-state index contributed by atoms with van der Waals surface area (Å²) in [6, 6.07) is 8.58. The highest BCUT2D eigenvalue weighted by molar-refractivity contribution is 6.85. The van der Waals surface area contributed by atoms with Crippen LogP contribution in [0.25, 0.3) is 6.08 Å². The van der Waals surface area contributed by atoms with Gasteiger partial charge in [0, 0.05) is 0 Å². The minimum atomic E-state index is -4.65. The normalized spacial score (nSPS) is 15.3. The van der Waals surface area contributed by atoms with E-state index < -0.39 is 32.1 Å². The Hall–Kier alpha value is -1.17. The molecule has 0 aliphatic rings. The van der Waals surface area contributed by atoms with E-state index in [0.29, 0.717) is 5.56 Å². The summed E-state index contributed by atoms with van der Waals surface area (Å²) in [6.07, 6.45) is -1.91. The molecule has 0 fully saturated rings. The van der Waals surface area contributed by atoms with Gasteiger partial charge in [0.2, 0.25) is 0 Å². The molecule has 1 atom stereocenters. The van der Waals surface area contributed by atoms with Gasteiger partial charge in [-0.2, -0.15) is 8.78 Å². The molecule has 1 unspecified atom stereocenters. The third-order valence-corrected chi connectivity index (χ3v) is 6.61. The van der Waals surface area contributed by atoms with E-state index in [2.05, 4.69) is 0 Å². The summed E-state index contributed by atoms with van der Waals surface area (Å²) in [5.74, 6) is -4.65. The zero-order valence-electron chi connectivity index (χ0n) is 12.9. The van der Waals surface area contributed by atoms with Gasteiger partial charge in [-0.25, -0.2) is 13.2 Å². The number of halogens is 5. The van der Waals surface area contributed by atoms with E-state index in [9.17, 15) is 22.0 Å². The molecule has 0 saturated carbocycles. The fourth-order valence-electron chi connectivity index (χ4n) is 2.03. The van der Waals surface area contributed by atoms with Gasteiger partial charge in [-0.3, -0.25) is 0 Å². The van der Waals surface area contributed by atoms with Gasteiger partial charge in [0.1, 0.15) is 0 Å². The van der Waals surface area contributed by atoms with Crippen LogP contribution in [0.15, 0.2) is 36.0 Å². The predicted octanol–water partition coefficient (Wildman–Crippen LogP) is 5.90. The van der Waals surface area contributed by atoms with Crippen molar-refractivity contribution in [2.75, 3.05) is 0 Å². The summed E-state index contributed by atoms with van der Waals surface area (Å²) < 4.78 is 69.8. The zero-order valence-corrected chi connectivity index (χ0v) is 13.9. The van der Waals surface area contributed by atoms with Crippen LogP contribution in [0.2, 0.25) is 13.1 Å². The lowest BCUT2D eigenvalue weighted by Gasteiger charge is -2.37. The first-order valence-corrected chi connectivity index (χ1v) is 10.3. The SMILES string of the molecule is CCCC(F)C(F)(F)C(F)(F)[Si](C)(C)C=Cc1ccccc1. The summed E-state index contributed by atoms with van der Waals surface area (Å²) in [5, 5.41) is 0. The molecule has 0 bridgehead atoms. The molecular weight excluding hydrogens is 315 g/mol. The van der Waals surface area contributed by atoms with Crippen LogP contribution in [0, 0.1) is 0 Å². The Bertz CT molecular complexity index is 497. The average molecular weight is 336 g/mol. The molecule has 0 nitrogen and oxygen atoms in total. The largest absolute Gasteiger partial charge is 0.336 e. The van der Waals surface area contributed by atoms with Crippen LogP contribution in [-0.4, -0.2) is 25.7 Å². The van der Waals surface area contributed by atoms with Crippen molar-refractivity contribution >= 4 is 14.1 Å². The molecular formula is C16H21F5Si. The van der Waals surface area contributed by atoms with Gasteiger partial charge < -0.3 is 0 Å². The molecule has 6 heteroatoms. The van der Waals surface area contributed by atoms with Crippen molar-refractivity contribution in [2.45, 2.75) is 50.5 Å². The lowest BCUT2D eigenvalue weighted by Crippen LogP contribution is -2.61. The van der Waals surface area contributed by atoms with Crippen LogP contribution in [0.3, 0.4) is 0 Å².